The molecule has 2 rings (SSSR count). The van der Waals surface area contributed by atoms with Crippen molar-refractivity contribution in [1.29, 1.82) is 0 Å². The largest absolute Gasteiger partial charge is 0.368 e. The lowest BCUT2D eigenvalue weighted by atomic mass is 10.1. The van der Waals surface area contributed by atoms with Crippen LogP contribution in [0.1, 0.15) is 18.5 Å². The van der Waals surface area contributed by atoms with Gasteiger partial charge in [0, 0.05) is 49.8 Å². The number of benzene rings is 1. The zero-order valence-corrected chi connectivity index (χ0v) is 14.9. The number of hydrogen-bond acceptors (Lipinski definition) is 4. The number of rotatable bonds is 5. The number of piperazine rings is 1. The monoisotopic (exact) mass is 354 g/mol. The van der Waals surface area contributed by atoms with Crippen LogP contribution in [-0.4, -0.2) is 63.2 Å². The first-order valence-corrected chi connectivity index (χ1v) is 8.43. The van der Waals surface area contributed by atoms with Crippen molar-refractivity contribution in [3.63, 3.8) is 0 Å². The number of halogens is 1. The summed E-state index contributed by atoms with van der Waals surface area (Å²) in [6.45, 7) is 8.75. The predicted molar refractivity (Wildman–Crippen MR) is 94.0 cm³/mol. The Morgan fingerprint density at radius 1 is 1.24 bits per heavy atom. The maximum absolute atomic E-state index is 5.94. The van der Waals surface area contributed by atoms with Gasteiger partial charge in [-0.2, -0.15) is 0 Å². The van der Waals surface area contributed by atoms with Crippen molar-refractivity contribution in [1.82, 2.24) is 9.80 Å². The summed E-state index contributed by atoms with van der Waals surface area (Å²) >= 11 is 3.70. The summed E-state index contributed by atoms with van der Waals surface area (Å²) in [5, 5.41) is 0. The van der Waals surface area contributed by atoms with Crippen molar-refractivity contribution in [2.24, 2.45) is 5.73 Å². The van der Waals surface area contributed by atoms with Gasteiger partial charge in [-0.05, 0) is 54.6 Å². The summed E-state index contributed by atoms with van der Waals surface area (Å²) in [5.74, 6) is 0. The van der Waals surface area contributed by atoms with E-state index in [0.29, 0.717) is 0 Å². The van der Waals surface area contributed by atoms with Gasteiger partial charge in [0.05, 0.1) is 5.69 Å². The van der Waals surface area contributed by atoms with Gasteiger partial charge in [-0.15, -0.1) is 0 Å². The molecule has 21 heavy (non-hydrogen) atoms. The molecule has 1 aliphatic rings. The van der Waals surface area contributed by atoms with Crippen LogP contribution in [0.15, 0.2) is 22.7 Å². The maximum Gasteiger partial charge on any atom is 0.0511 e. The second kappa shape index (κ2) is 7.58. The lowest BCUT2D eigenvalue weighted by molar-refractivity contribution is 0.229. The zero-order valence-electron chi connectivity index (χ0n) is 13.3. The SMILES string of the molecule is C[C@@H](N)c1ccc(N2CCN(CCN(C)C)CC2)c(Br)c1. The van der Waals surface area contributed by atoms with Gasteiger partial charge in [0.25, 0.3) is 0 Å². The molecule has 1 aromatic carbocycles. The lowest BCUT2D eigenvalue weighted by Gasteiger charge is -2.37. The van der Waals surface area contributed by atoms with Crippen molar-refractivity contribution >= 4 is 21.6 Å². The average Bonchev–Trinajstić information content (AvgIpc) is 2.45. The van der Waals surface area contributed by atoms with Gasteiger partial charge < -0.3 is 15.5 Å². The van der Waals surface area contributed by atoms with E-state index in [-0.39, 0.29) is 6.04 Å². The van der Waals surface area contributed by atoms with Crippen LogP contribution in [0.3, 0.4) is 0 Å². The third-order valence-electron chi connectivity index (χ3n) is 4.07. The van der Waals surface area contributed by atoms with E-state index in [0.717, 1.165) is 43.7 Å². The topological polar surface area (TPSA) is 35.7 Å². The second-order valence-electron chi connectivity index (χ2n) is 6.13. The minimum Gasteiger partial charge on any atom is -0.368 e. The lowest BCUT2D eigenvalue weighted by Crippen LogP contribution is -2.48. The van der Waals surface area contributed by atoms with E-state index in [1.165, 1.54) is 11.3 Å². The van der Waals surface area contributed by atoms with Crippen LogP contribution in [0.5, 0.6) is 0 Å². The van der Waals surface area contributed by atoms with Crippen LogP contribution < -0.4 is 10.6 Å². The van der Waals surface area contributed by atoms with E-state index < -0.39 is 0 Å². The van der Waals surface area contributed by atoms with Gasteiger partial charge in [-0.3, -0.25) is 4.90 Å². The molecule has 0 bridgehead atoms. The van der Waals surface area contributed by atoms with Crippen molar-refractivity contribution in [3.05, 3.63) is 28.2 Å². The molecule has 1 heterocycles. The average molecular weight is 355 g/mol. The summed E-state index contributed by atoms with van der Waals surface area (Å²) in [7, 11) is 4.26. The minimum atomic E-state index is 0.0817. The fourth-order valence-corrected chi connectivity index (χ4v) is 3.26. The van der Waals surface area contributed by atoms with Crippen LogP contribution in [0.4, 0.5) is 5.69 Å². The van der Waals surface area contributed by atoms with Gasteiger partial charge in [0.1, 0.15) is 0 Å². The molecule has 0 radical (unpaired) electrons. The molecule has 0 amide bonds. The molecule has 1 atom stereocenters. The molecule has 2 N–H and O–H groups in total. The molecule has 1 aromatic rings. The van der Waals surface area contributed by atoms with Crippen molar-refractivity contribution in [3.8, 4) is 0 Å². The summed E-state index contributed by atoms with van der Waals surface area (Å²) in [6.07, 6.45) is 0. The minimum absolute atomic E-state index is 0.0817. The maximum atomic E-state index is 5.94. The third-order valence-corrected chi connectivity index (χ3v) is 4.71. The molecule has 118 valence electrons. The van der Waals surface area contributed by atoms with E-state index >= 15 is 0 Å². The highest BCUT2D eigenvalue weighted by Crippen LogP contribution is 2.29. The van der Waals surface area contributed by atoms with Crippen molar-refractivity contribution in [2.75, 3.05) is 58.3 Å². The Hall–Kier alpha value is -0.620. The highest BCUT2D eigenvalue weighted by Gasteiger charge is 2.19. The summed E-state index contributed by atoms with van der Waals surface area (Å²) in [5.41, 5.74) is 8.40. The molecule has 0 aliphatic carbocycles. The molecular weight excluding hydrogens is 328 g/mol. The molecule has 4 nitrogen and oxygen atoms in total. The molecule has 1 aliphatic heterocycles. The Morgan fingerprint density at radius 2 is 1.90 bits per heavy atom. The summed E-state index contributed by atoms with van der Waals surface area (Å²) in [6, 6.07) is 6.57. The first-order chi connectivity index (χ1) is 9.97. The number of anilines is 1. The van der Waals surface area contributed by atoms with E-state index in [1.54, 1.807) is 0 Å². The molecule has 1 fully saturated rings. The molecule has 0 unspecified atom stereocenters. The standard InChI is InChI=1S/C16H27BrN4/c1-13(18)14-4-5-16(15(17)12-14)21-10-8-20(9-11-21)7-6-19(2)3/h4-5,12-13H,6-11,18H2,1-3H3/t13-/m1/s1. The third kappa shape index (κ3) is 4.68. The zero-order chi connectivity index (χ0) is 15.4. The highest BCUT2D eigenvalue weighted by atomic mass is 79.9. The molecule has 0 aromatic heterocycles. The van der Waals surface area contributed by atoms with E-state index in [2.05, 4.69) is 62.9 Å². The van der Waals surface area contributed by atoms with E-state index in [1.807, 2.05) is 6.92 Å². The van der Waals surface area contributed by atoms with Crippen LogP contribution in [0, 0.1) is 0 Å². The summed E-state index contributed by atoms with van der Waals surface area (Å²) in [4.78, 5) is 7.25. The van der Waals surface area contributed by atoms with Crippen LogP contribution in [0.25, 0.3) is 0 Å². The van der Waals surface area contributed by atoms with Crippen LogP contribution in [0.2, 0.25) is 0 Å². The first-order valence-electron chi connectivity index (χ1n) is 7.64. The Bertz CT molecular complexity index is 454. The second-order valence-corrected chi connectivity index (χ2v) is 6.99. The van der Waals surface area contributed by atoms with Gasteiger partial charge >= 0.3 is 0 Å². The Morgan fingerprint density at radius 3 is 2.43 bits per heavy atom. The number of hydrogen-bond donors (Lipinski definition) is 1. The molecule has 1 saturated heterocycles. The predicted octanol–water partition coefficient (Wildman–Crippen LogP) is 2.15. The van der Waals surface area contributed by atoms with E-state index in [4.69, 9.17) is 5.73 Å². The molecule has 0 spiro atoms. The fraction of sp³-hybridized carbons (Fsp3) is 0.625. The molecule has 0 saturated carbocycles. The quantitative estimate of drug-likeness (QED) is 0.878. The molecular formula is C16H27BrN4. The Kier molecular flexibility index (Phi) is 6.05. The van der Waals surface area contributed by atoms with Gasteiger partial charge in [0.15, 0.2) is 0 Å². The fourth-order valence-electron chi connectivity index (χ4n) is 2.62. The smallest absolute Gasteiger partial charge is 0.0511 e. The van der Waals surface area contributed by atoms with Gasteiger partial charge in [-0.25, -0.2) is 0 Å². The van der Waals surface area contributed by atoms with Crippen molar-refractivity contribution in [2.45, 2.75) is 13.0 Å². The first kappa shape index (κ1) is 16.7. The highest BCUT2D eigenvalue weighted by molar-refractivity contribution is 9.10. The Balaban J connectivity index is 1.93. The van der Waals surface area contributed by atoms with E-state index in [9.17, 15) is 0 Å². The summed E-state index contributed by atoms with van der Waals surface area (Å²) < 4.78 is 1.15. The molecule has 5 heteroatoms. The number of likely N-dealkylation sites (N-methyl/N-ethyl adjacent to an activating group) is 1. The number of nitrogens with two attached hydrogens (primary N) is 1. The Labute approximate surface area is 137 Å². The normalized spacial score (nSPS) is 18.3. The van der Waals surface area contributed by atoms with Crippen molar-refractivity contribution < 1.29 is 0 Å². The number of nitrogens with zero attached hydrogens (tertiary/aromatic N) is 3. The van der Waals surface area contributed by atoms with Crippen LogP contribution >= 0.6 is 15.9 Å². The van der Waals surface area contributed by atoms with Gasteiger partial charge in [-0.1, -0.05) is 6.07 Å². The van der Waals surface area contributed by atoms with Crippen LogP contribution in [-0.2, 0) is 0 Å². The van der Waals surface area contributed by atoms with Gasteiger partial charge in [0.2, 0.25) is 0 Å².